The number of benzene rings is 8. The highest BCUT2D eigenvalue weighted by molar-refractivity contribution is 7.25. The molecule has 3 heteroatoms. The standard InChI is InChI=1S/C46H29NOS/c1-3-12-30(13-4-1)33-26-34(31-14-5-2-6-15-31)28-36(27-33)47(35-23-25-44-40(29-35)38-18-9-10-21-43(38)49-44)41-19-11-20-42-45(41)39-24-22-32-16-7-8-17-37(32)46(39)48-42/h1-29H. The van der Waals surface area contributed by atoms with Crippen LogP contribution in [0.3, 0.4) is 0 Å². The summed E-state index contributed by atoms with van der Waals surface area (Å²) in [5.41, 5.74) is 9.75. The molecule has 2 nitrogen and oxygen atoms in total. The minimum atomic E-state index is 0.874. The summed E-state index contributed by atoms with van der Waals surface area (Å²) in [5, 5.41) is 7.05. The van der Waals surface area contributed by atoms with E-state index >= 15 is 0 Å². The van der Waals surface area contributed by atoms with Gasteiger partial charge >= 0.3 is 0 Å². The monoisotopic (exact) mass is 643 g/mol. The van der Waals surface area contributed by atoms with E-state index in [0.717, 1.165) is 44.4 Å². The third-order valence-corrected chi connectivity index (χ3v) is 10.8. The van der Waals surface area contributed by atoms with Gasteiger partial charge in [0.25, 0.3) is 0 Å². The van der Waals surface area contributed by atoms with Crippen LogP contribution in [0, 0.1) is 0 Å². The molecule has 8 aromatic carbocycles. The summed E-state index contributed by atoms with van der Waals surface area (Å²) in [5.74, 6) is 0. The fourth-order valence-corrected chi connectivity index (χ4v) is 8.42. The topological polar surface area (TPSA) is 16.4 Å². The lowest BCUT2D eigenvalue weighted by atomic mass is 9.97. The Bertz CT molecular complexity index is 2770. The molecule has 0 aliphatic carbocycles. The molecule has 0 fully saturated rings. The van der Waals surface area contributed by atoms with Crippen molar-refractivity contribution in [2.24, 2.45) is 0 Å². The van der Waals surface area contributed by atoms with Crippen LogP contribution in [0.25, 0.3) is 75.1 Å². The Morgan fingerprint density at radius 3 is 1.86 bits per heavy atom. The zero-order valence-electron chi connectivity index (χ0n) is 26.5. The van der Waals surface area contributed by atoms with Crippen molar-refractivity contribution in [3.05, 3.63) is 176 Å². The van der Waals surface area contributed by atoms with Crippen LogP contribution >= 0.6 is 11.3 Å². The zero-order chi connectivity index (χ0) is 32.3. The Balaban J connectivity index is 1.30. The van der Waals surface area contributed by atoms with E-state index in [-0.39, 0.29) is 0 Å². The SMILES string of the molecule is c1ccc(-c2cc(-c3ccccc3)cc(N(c3ccc4sc5ccccc5c4c3)c3cccc4oc5c6ccccc6ccc5c34)c2)cc1. The van der Waals surface area contributed by atoms with Crippen LogP contribution in [0.2, 0.25) is 0 Å². The van der Waals surface area contributed by atoms with E-state index in [0.29, 0.717) is 0 Å². The zero-order valence-corrected chi connectivity index (χ0v) is 27.3. The molecule has 10 rings (SSSR count). The van der Waals surface area contributed by atoms with Gasteiger partial charge in [-0.25, -0.2) is 0 Å². The number of nitrogens with zero attached hydrogens (tertiary/aromatic N) is 1. The molecule has 0 spiro atoms. The highest BCUT2D eigenvalue weighted by atomic mass is 32.1. The van der Waals surface area contributed by atoms with Crippen LogP contribution in [-0.4, -0.2) is 0 Å². The number of rotatable bonds is 5. The molecule has 2 heterocycles. The summed E-state index contributed by atoms with van der Waals surface area (Å²) in [6.07, 6.45) is 0. The first-order valence-electron chi connectivity index (χ1n) is 16.6. The van der Waals surface area contributed by atoms with Crippen molar-refractivity contribution in [3.8, 4) is 22.3 Å². The van der Waals surface area contributed by atoms with Gasteiger partial charge in [0.05, 0.1) is 11.1 Å². The first kappa shape index (κ1) is 27.9. The second-order valence-corrected chi connectivity index (χ2v) is 13.6. The van der Waals surface area contributed by atoms with Crippen LogP contribution < -0.4 is 4.90 Å². The molecule has 0 radical (unpaired) electrons. The van der Waals surface area contributed by atoms with E-state index in [2.05, 4.69) is 181 Å². The third-order valence-electron chi connectivity index (χ3n) is 9.61. The van der Waals surface area contributed by atoms with Crippen molar-refractivity contribution in [2.45, 2.75) is 0 Å². The maximum absolute atomic E-state index is 6.70. The first-order chi connectivity index (χ1) is 24.3. The molecule has 0 unspecified atom stereocenters. The van der Waals surface area contributed by atoms with Gasteiger partial charge < -0.3 is 9.32 Å². The van der Waals surface area contributed by atoms with E-state index in [1.54, 1.807) is 0 Å². The van der Waals surface area contributed by atoms with Gasteiger partial charge in [-0.2, -0.15) is 0 Å². The van der Waals surface area contributed by atoms with Crippen LogP contribution in [0.4, 0.5) is 17.1 Å². The molecule has 0 bridgehead atoms. The minimum Gasteiger partial charge on any atom is -0.455 e. The molecule has 0 N–H and O–H groups in total. The largest absolute Gasteiger partial charge is 0.455 e. The highest BCUT2D eigenvalue weighted by Gasteiger charge is 2.22. The van der Waals surface area contributed by atoms with Crippen LogP contribution in [0.5, 0.6) is 0 Å². The van der Waals surface area contributed by atoms with Gasteiger partial charge in [0, 0.05) is 42.3 Å². The summed E-state index contributed by atoms with van der Waals surface area (Å²) in [7, 11) is 0. The van der Waals surface area contributed by atoms with Crippen molar-refractivity contribution in [2.75, 3.05) is 4.90 Å². The Hall–Kier alpha value is -6.16. The second-order valence-electron chi connectivity index (χ2n) is 12.5. The van der Waals surface area contributed by atoms with Gasteiger partial charge in [-0.15, -0.1) is 11.3 Å². The fraction of sp³-hybridized carbons (Fsp3) is 0. The van der Waals surface area contributed by atoms with E-state index in [1.165, 1.54) is 47.8 Å². The maximum Gasteiger partial charge on any atom is 0.143 e. The van der Waals surface area contributed by atoms with Crippen molar-refractivity contribution in [1.82, 2.24) is 0 Å². The predicted molar refractivity (Wildman–Crippen MR) is 210 cm³/mol. The summed E-state index contributed by atoms with van der Waals surface area (Å²) in [6, 6.07) is 63.3. The number of furan rings is 1. The quantitative estimate of drug-likeness (QED) is 0.186. The number of anilines is 3. The minimum absolute atomic E-state index is 0.874. The van der Waals surface area contributed by atoms with E-state index in [4.69, 9.17) is 4.42 Å². The van der Waals surface area contributed by atoms with Crippen molar-refractivity contribution >= 4 is 81.3 Å². The lowest BCUT2D eigenvalue weighted by molar-refractivity contribution is 0.672. The van der Waals surface area contributed by atoms with Crippen LogP contribution in [-0.2, 0) is 0 Å². The Morgan fingerprint density at radius 2 is 1.08 bits per heavy atom. The van der Waals surface area contributed by atoms with Gasteiger partial charge in [0.2, 0.25) is 0 Å². The maximum atomic E-state index is 6.70. The molecule has 230 valence electrons. The van der Waals surface area contributed by atoms with Gasteiger partial charge in [-0.3, -0.25) is 0 Å². The van der Waals surface area contributed by atoms with Crippen LogP contribution in [0.1, 0.15) is 0 Å². The number of fused-ring (bicyclic) bond motifs is 8. The predicted octanol–water partition coefficient (Wildman–Crippen LogP) is 13.9. The normalized spacial score (nSPS) is 11.7. The molecule has 0 aliphatic heterocycles. The number of thiophene rings is 1. The van der Waals surface area contributed by atoms with Crippen LogP contribution in [0.15, 0.2) is 180 Å². The molecule has 0 saturated carbocycles. The molecule has 0 saturated heterocycles. The van der Waals surface area contributed by atoms with E-state index in [1.807, 2.05) is 11.3 Å². The molecule has 2 aromatic heterocycles. The molecule has 0 aliphatic rings. The van der Waals surface area contributed by atoms with Gasteiger partial charge in [0.15, 0.2) is 0 Å². The average Bonchev–Trinajstić information content (AvgIpc) is 3.75. The Kier molecular flexibility index (Phi) is 6.39. The summed E-state index contributed by atoms with van der Waals surface area (Å²) >= 11 is 1.85. The smallest absolute Gasteiger partial charge is 0.143 e. The summed E-state index contributed by atoms with van der Waals surface area (Å²) < 4.78 is 9.29. The number of hydrogen-bond acceptors (Lipinski definition) is 3. The molecule has 10 aromatic rings. The lowest BCUT2D eigenvalue weighted by Crippen LogP contribution is -2.10. The Labute approximate surface area is 287 Å². The van der Waals surface area contributed by atoms with Crippen molar-refractivity contribution < 1.29 is 4.42 Å². The molecule has 0 amide bonds. The summed E-state index contributed by atoms with van der Waals surface area (Å²) in [4.78, 5) is 2.43. The molecule has 0 atom stereocenters. The lowest BCUT2D eigenvalue weighted by Gasteiger charge is -2.27. The van der Waals surface area contributed by atoms with Crippen molar-refractivity contribution in [1.29, 1.82) is 0 Å². The summed E-state index contributed by atoms with van der Waals surface area (Å²) in [6.45, 7) is 0. The highest BCUT2D eigenvalue weighted by Crippen LogP contribution is 2.47. The number of hydrogen-bond donors (Lipinski definition) is 0. The Morgan fingerprint density at radius 1 is 0.408 bits per heavy atom. The van der Waals surface area contributed by atoms with E-state index in [9.17, 15) is 0 Å². The van der Waals surface area contributed by atoms with Gasteiger partial charge in [0.1, 0.15) is 11.2 Å². The van der Waals surface area contributed by atoms with E-state index < -0.39 is 0 Å². The molecule has 49 heavy (non-hydrogen) atoms. The molecular formula is C46H29NOS. The van der Waals surface area contributed by atoms with Crippen molar-refractivity contribution in [3.63, 3.8) is 0 Å². The molecular weight excluding hydrogens is 615 g/mol. The fourth-order valence-electron chi connectivity index (χ4n) is 7.34. The average molecular weight is 644 g/mol. The second kappa shape index (κ2) is 11.2. The third kappa shape index (κ3) is 4.62. The van der Waals surface area contributed by atoms with Gasteiger partial charge in [-0.1, -0.05) is 115 Å². The van der Waals surface area contributed by atoms with Gasteiger partial charge in [-0.05, 0) is 88.3 Å². The first-order valence-corrected chi connectivity index (χ1v) is 17.4.